The number of nitrogens with zero attached hydrogens (tertiary/aromatic N) is 5. The molecule has 1 aliphatic rings. The molecule has 0 aliphatic carbocycles. The minimum atomic E-state index is 0.300. The van der Waals surface area contributed by atoms with E-state index in [4.69, 9.17) is 0 Å². The van der Waals surface area contributed by atoms with Gasteiger partial charge in [-0.1, -0.05) is 6.42 Å². The van der Waals surface area contributed by atoms with Gasteiger partial charge in [0.2, 0.25) is 5.91 Å². The first-order valence-corrected chi connectivity index (χ1v) is 7.90. The highest BCUT2D eigenvalue weighted by Gasteiger charge is 2.15. The first-order valence-electron chi connectivity index (χ1n) is 7.90. The topological polar surface area (TPSA) is 75.9 Å². The molecule has 7 heteroatoms. The molecule has 22 heavy (non-hydrogen) atoms. The molecule has 0 bridgehead atoms. The number of amides is 1. The van der Waals surface area contributed by atoms with Gasteiger partial charge < -0.3 is 10.2 Å². The average molecular weight is 302 g/mol. The van der Waals surface area contributed by atoms with E-state index in [0.29, 0.717) is 12.3 Å². The highest BCUT2D eigenvalue weighted by molar-refractivity contribution is 5.85. The normalized spacial score (nSPS) is 16.0. The number of nitrogens with one attached hydrogen (secondary N) is 1. The molecule has 7 nitrogen and oxygen atoms in total. The van der Waals surface area contributed by atoms with E-state index >= 15 is 0 Å². The average Bonchev–Trinajstić information content (AvgIpc) is 2.78. The van der Waals surface area contributed by atoms with Crippen LogP contribution in [0.15, 0.2) is 12.5 Å². The maximum Gasteiger partial charge on any atom is 0.222 e. The molecule has 118 valence electrons. The molecule has 2 aromatic heterocycles. The van der Waals surface area contributed by atoms with Gasteiger partial charge in [-0.25, -0.2) is 9.97 Å². The molecular weight excluding hydrogens is 280 g/mol. The quantitative estimate of drug-likeness (QED) is 0.848. The summed E-state index contributed by atoms with van der Waals surface area (Å²) in [6, 6.07) is 0. The van der Waals surface area contributed by atoms with E-state index in [9.17, 15) is 4.79 Å². The summed E-state index contributed by atoms with van der Waals surface area (Å²) in [5, 5.41) is 8.46. The van der Waals surface area contributed by atoms with E-state index in [1.807, 2.05) is 11.9 Å². The van der Waals surface area contributed by atoms with Crippen LogP contribution in [0.2, 0.25) is 0 Å². The molecule has 1 N–H and O–H groups in total. The van der Waals surface area contributed by atoms with Crippen molar-refractivity contribution in [2.75, 3.05) is 25.0 Å². The number of aryl methyl sites for hydroxylation is 1. The number of hydrogen-bond donors (Lipinski definition) is 1. The van der Waals surface area contributed by atoms with Crippen LogP contribution in [0.25, 0.3) is 11.0 Å². The summed E-state index contributed by atoms with van der Waals surface area (Å²) in [6.07, 6.45) is 8.27. The zero-order chi connectivity index (χ0) is 15.4. The summed E-state index contributed by atoms with van der Waals surface area (Å²) in [4.78, 5) is 22.4. The number of fused-ring (bicyclic) bond motifs is 1. The summed E-state index contributed by atoms with van der Waals surface area (Å²) in [5.74, 6) is 1.11. The zero-order valence-electron chi connectivity index (χ0n) is 13.0. The van der Waals surface area contributed by atoms with Crippen LogP contribution in [0.5, 0.6) is 0 Å². The van der Waals surface area contributed by atoms with Crippen molar-refractivity contribution in [3.63, 3.8) is 0 Å². The first kappa shape index (κ1) is 14.7. The summed E-state index contributed by atoms with van der Waals surface area (Å²) >= 11 is 0. The van der Waals surface area contributed by atoms with Crippen molar-refractivity contribution < 1.29 is 4.79 Å². The summed E-state index contributed by atoms with van der Waals surface area (Å²) < 4.78 is 1.73. The minimum absolute atomic E-state index is 0.300. The van der Waals surface area contributed by atoms with Gasteiger partial charge in [0.05, 0.1) is 11.6 Å². The maximum atomic E-state index is 11.9. The van der Waals surface area contributed by atoms with Crippen molar-refractivity contribution in [2.24, 2.45) is 7.05 Å². The van der Waals surface area contributed by atoms with E-state index in [-0.39, 0.29) is 0 Å². The van der Waals surface area contributed by atoms with Crippen LogP contribution in [0.4, 0.5) is 5.82 Å². The Kier molecular flexibility index (Phi) is 4.50. The Balaban J connectivity index is 1.53. The van der Waals surface area contributed by atoms with Gasteiger partial charge in [0.25, 0.3) is 0 Å². The number of anilines is 1. The Morgan fingerprint density at radius 3 is 3.09 bits per heavy atom. The van der Waals surface area contributed by atoms with E-state index in [1.54, 1.807) is 17.2 Å². The van der Waals surface area contributed by atoms with E-state index in [1.165, 1.54) is 6.42 Å². The molecule has 1 saturated heterocycles. The Morgan fingerprint density at radius 2 is 2.18 bits per heavy atom. The van der Waals surface area contributed by atoms with Gasteiger partial charge in [-0.2, -0.15) is 5.10 Å². The van der Waals surface area contributed by atoms with Crippen molar-refractivity contribution >= 4 is 22.8 Å². The molecule has 2 aromatic rings. The van der Waals surface area contributed by atoms with Gasteiger partial charge in [-0.3, -0.25) is 9.48 Å². The van der Waals surface area contributed by atoms with Crippen molar-refractivity contribution in [3.05, 3.63) is 12.5 Å². The van der Waals surface area contributed by atoms with Crippen LogP contribution in [0.3, 0.4) is 0 Å². The molecule has 0 aromatic carbocycles. The molecule has 1 fully saturated rings. The molecule has 0 unspecified atom stereocenters. The lowest BCUT2D eigenvalue weighted by Gasteiger charge is -2.20. The van der Waals surface area contributed by atoms with Crippen LogP contribution in [-0.4, -0.2) is 50.2 Å². The molecule has 1 aliphatic heterocycles. The van der Waals surface area contributed by atoms with Crippen molar-refractivity contribution in [3.8, 4) is 0 Å². The molecule has 0 spiro atoms. The van der Waals surface area contributed by atoms with Crippen molar-refractivity contribution in [1.82, 2.24) is 24.6 Å². The zero-order valence-corrected chi connectivity index (χ0v) is 13.0. The third kappa shape index (κ3) is 3.18. The first-order chi connectivity index (χ1) is 10.8. The van der Waals surface area contributed by atoms with E-state index in [0.717, 1.165) is 55.7 Å². The Morgan fingerprint density at radius 1 is 1.27 bits per heavy atom. The Labute approximate surface area is 129 Å². The van der Waals surface area contributed by atoms with Crippen LogP contribution >= 0.6 is 0 Å². The molecular formula is C15H22N6O. The number of rotatable bonds is 5. The summed E-state index contributed by atoms with van der Waals surface area (Å²) in [7, 11) is 1.87. The third-order valence-corrected chi connectivity index (χ3v) is 4.10. The fourth-order valence-electron chi connectivity index (χ4n) is 2.85. The smallest absolute Gasteiger partial charge is 0.222 e. The molecule has 3 heterocycles. The van der Waals surface area contributed by atoms with Crippen LogP contribution < -0.4 is 5.32 Å². The fraction of sp³-hybridized carbons (Fsp3) is 0.600. The number of likely N-dealkylation sites (tertiary alicyclic amines) is 1. The lowest BCUT2D eigenvalue weighted by Crippen LogP contribution is -2.32. The van der Waals surface area contributed by atoms with Crippen LogP contribution in [-0.2, 0) is 11.8 Å². The predicted octanol–water partition coefficient (Wildman–Crippen LogP) is 1.57. The second-order valence-electron chi connectivity index (χ2n) is 5.70. The van der Waals surface area contributed by atoms with Gasteiger partial charge in [-0.05, 0) is 19.3 Å². The fourth-order valence-corrected chi connectivity index (χ4v) is 2.85. The minimum Gasteiger partial charge on any atom is -0.369 e. The van der Waals surface area contributed by atoms with Crippen molar-refractivity contribution in [1.29, 1.82) is 0 Å². The number of aromatic nitrogens is 4. The highest BCUT2D eigenvalue weighted by atomic mass is 16.2. The van der Waals surface area contributed by atoms with Gasteiger partial charge >= 0.3 is 0 Å². The third-order valence-electron chi connectivity index (χ3n) is 4.10. The standard InChI is InChI=1S/C15H22N6O/c1-20-15-12(10-19-20)14(17-11-18-15)16-7-5-9-21-8-4-2-3-6-13(21)22/h10-11H,2-9H2,1H3,(H,16,17,18). The second-order valence-corrected chi connectivity index (χ2v) is 5.70. The number of hydrogen-bond acceptors (Lipinski definition) is 5. The Bertz CT molecular complexity index is 653. The molecule has 3 rings (SSSR count). The summed E-state index contributed by atoms with van der Waals surface area (Å²) in [5.41, 5.74) is 0.820. The lowest BCUT2D eigenvalue weighted by atomic mass is 10.2. The molecule has 0 radical (unpaired) electrons. The Hall–Kier alpha value is -2.18. The van der Waals surface area contributed by atoms with Gasteiger partial charge in [0.1, 0.15) is 12.1 Å². The van der Waals surface area contributed by atoms with Gasteiger partial charge in [-0.15, -0.1) is 0 Å². The molecule has 1 amide bonds. The van der Waals surface area contributed by atoms with Crippen LogP contribution in [0.1, 0.15) is 32.1 Å². The monoisotopic (exact) mass is 302 g/mol. The number of carbonyl (C=O) groups is 1. The summed E-state index contributed by atoms with van der Waals surface area (Å²) in [6.45, 7) is 2.50. The van der Waals surface area contributed by atoms with Gasteiger partial charge in [0.15, 0.2) is 5.65 Å². The second kappa shape index (κ2) is 6.72. The number of carbonyl (C=O) groups excluding carboxylic acids is 1. The predicted molar refractivity (Wildman–Crippen MR) is 84.5 cm³/mol. The van der Waals surface area contributed by atoms with E-state index in [2.05, 4.69) is 20.4 Å². The maximum absolute atomic E-state index is 11.9. The van der Waals surface area contributed by atoms with Crippen LogP contribution in [0, 0.1) is 0 Å². The SMILES string of the molecule is Cn1ncc2c(NCCCN3CCCCCC3=O)ncnc21. The van der Waals surface area contributed by atoms with Crippen molar-refractivity contribution in [2.45, 2.75) is 32.1 Å². The van der Waals surface area contributed by atoms with Gasteiger partial charge in [0, 0.05) is 33.1 Å². The highest BCUT2D eigenvalue weighted by Crippen LogP contribution is 2.17. The largest absolute Gasteiger partial charge is 0.369 e. The lowest BCUT2D eigenvalue weighted by molar-refractivity contribution is -0.130. The molecule has 0 atom stereocenters. The van der Waals surface area contributed by atoms with E-state index < -0.39 is 0 Å². The molecule has 0 saturated carbocycles.